The zero-order chi connectivity index (χ0) is 26.7. The van der Waals surface area contributed by atoms with E-state index in [1.165, 1.54) is 12.0 Å². The van der Waals surface area contributed by atoms with Gasteiger partial charge < -0.3 is 19.2 Å². The van der Waals surface area contributed by atoms with E-state index < -0.39 is 44.6 Å². The highest BCUT2D eigenvalue weighted by Crippen LogP contribution is 2.45. The number of carbonyl (C=O) groups is 2. The van der Waals surface area contributed by atoms with E-state index >= 15 is 0 Å². The van der Waals surface area contributed by atoms with Gasteiger partial charge in [0.2, 0.25) is 0 Å². The largest absolute Gasteiger partial charge is 0.497 e. The fourth-order valence-corrected chi connectivity index (χ4v) is 8.67. The molecule has 1 aromatic rings. The van der Waals surface area contributed by atoms with Crippen LogP contribution in [0.3, 0.4) is 0 Å². The maximum Gasteiger partial charge on any atom is 0.471 e. The molecule has 1 aliphatic heterocycles. The van der Waals surface area contributed by atoms with Gasteiger partial charge in [-0.1, -0.05) is 39.3 Å². The van der Waals surface area contributed by atoms with E-state index in [1.807, 2.05) is 20.8 Å². The molecule has 0 aromatic heterocycles. The topological polar surface area (TPSA) is 79.3 Å². The SMILES string of the molecule is CC[Si](CC)(CC)OC[C@H]1[C@@H](N(Cc2ccc(OC)cc2)C(=O)C(F)(F)F)[C@H]2CCC[C@H]2N1C(=O)O. The number of amides is 2. The van der Waals surface area contributed by atoms with E-state index in [9.17, 15) is 27.9 Å². The first-order chi connectivity index (χ1) is 17.0. The molecule has 1 heterocycles. The number of hydrogen-bond acceptors (Lipinski definition) is 4. The lowest BCUT2D eigenvalue weighted by atomic mass is 9.93. The van der Waals surface area contributed by atoms with Crippen LogP contribution in [0.25, 0.3) is 0 Å². The van der Waals surface area contributed by atoms with Crippen LogP contribution in [0.15, 0.2) is 24.3 Å². The minimum Gasteiger partial charge on any atom is -0.497 e. The number of nitrogens with zero attached hydrogens (tertiary/aromatic N) is 2. The van der Waals surface area contributed by atoms with E-state index in [0.29, 0.717) is 30.6 Å². The van der Waals surface area contributed by atoms with Gasteiger partial charge in [-0.3, -0.25) is 9.69 Å². The molecular weight excluding hydrogens is 493 g/mol. The Morgan fingerprint density at radius 3 is 2.22 bits per heavy atom. The van der Waals surface area contributed by atoms with Crippen LogP contribution in [-0.4, -0.2) is 73.2 Å². The third-order valence-electron chi connectivity index (χ3n) is 8.17. The number of rotatable bonds is 10. The van der Waals surface area contributed by atoms with Crippen molar-refractivity contribution in [2.75, 3.05) is 13.7 Å². The maximum atomic E-state index is 13.9. The van der Waals surface area contributed by atoms with Gasteiger partial charge in [-0.25, -0.2) is 4.79 Å². The normalized spacial score (nSPS) is 24.0. The molecule has 7 nitrogen and oxygen atoms in total. The van der Waals surface area contributed by atoms with E-state index in [2.05, 4.69) is 0 Å². The molecule has 202 valence electrons. The molecule has 4 atom stereocenters. The first-order valence-corrected chi connectivity index (χ1v) is 15.2. The zero-order valence-corrected chi connectivity index (χ0v) is 22.4. The maximum absolute atomic E-state index is 13.9. The van der Waals surface area contributed by atoms with Crippen molar-refractivity contribution in [3.8, 4) is 5.75 Å². The predicted octanol–water partition coefficient (Wildman–Crippen LogP) is 5.51. The minimum absolute atomic E-state index is 0.00401. The number of benzene rings is 1. The third kappa shape index (κ3) is 5.66. The molecule has 36 heavy (non-hydrogen) atoms. The van der Waals surface area contributed by atoms with Gasteiger partial charge in [0.1, 0.15) is 5.75 Å². The van der Waals surface area contributed by atoms with Crippen molar-refractivity contribution in [1.29, 1.82) is 0 Å². The summed E-state index contributed by atoms with van der Waals surface area (Å²) < 4.78 is 53.2. The fourth-order valence-electron chi connectivity index (χ4n) is 6.03. The van der Waals surface area contributed by atoms with Crippen LogP contribution in [0.1, 0.15) is 45.6 Å². The summed E-state index contributed by atoms with van der Waals surface area (Å²) in [6.45, 7) is 5.84. The van der Waals surface area contributed by atoms with Crippen LogP contribution >= 0.6 is 0 Å². The highest BCUT2D eigenvalue weighted by Gasteiger charge is 2.58. The molecule has 0 unspecified atom stereocenters. The Balaban J connectivity index is 2.03. The Labute approximate surface area is 211 Å². The lowest BCUT2D eigenvalue weighted by Gasteiger charge is -2.39. The standard InChI is InChI=1S/C25H37F3N2O5Si/c1-5-36(6-2,7-3)35-16-21-22(19-9-8-10-20(19)30(21)24(32)33)29(23(31)25(26,27)28)15-17-11-13-18(34-4)14-12-17/h11-14,19-22H,5-10,15-16H2,1-4H3,(H,32,33)/t19-,20+,21-,22-/m0/s1. The van der Waals surface area contributed by atoms with Crippen LogP contribution in [0, 0.1) is 5.92 Å². The lowest BCUT2D eigenvalue weighted by Crippen LogP contribution is -2.56. The van der Waals surface area contributed by atoms with E-state index in [0.717, 1.165) is 23.0 Å². The van der Waals surface area contributed by atoms with Crippen LogP contribution < -0.4 is 4.74 Å². The van der Waals surface area contributed by atoms with Crippen LogP contribution in [0.4, 0.5) is 18.0 Å². The third-order valence-corrected chi connectivity index (χ3v) is 12.8. The van der Waals surface area contributed by atoms with Gasteiger partial charge in [-0.2, -0.15) is 13.2 Å². The van der Waals surface area contributed by atoms with Gasteiger partial charge in [-0.15, -0.1) is 0 Å². The number of hydrogen-bond donors (Lipinski definition) is 1. The zero-order valence-electron chi connectivity index (χ0n) is 21.4. The number of carbonyl (C=O) groups excluding carboxylic acids is 1. The Kier molecular flexibility index (Phi) is 8.97. The van der Waals surface area contributed by atoms with Crippen molar-refractivity contribution in [2.45, 2.75) is 89.0 Å². The summed E-state index contributed by atoms with van der Waals surface area (Å²) in [4.78, 5) is 27.4. The van der Waals surface area contributed by atoms with Gasteiger partial charge in [-0.05, 0) is 48.7 Å². The molecule has 1 aliphatic carbocycles. The molecule has 1 saturated carbocycles. The van der Waals surface area contributed by atoms with E-state index in [1.54, 1.807) is 24.3 Å². The quantitative estimate of drug-likeness (QED) is 0.404. The van der Waals surface area contributed by atoms with Gasteiger partial charge >= 0.3 is 18.2 Å². The Hall–Kier alpha value is -2.27. The summed E-state index contributed by atoms with van der Waals surface area (Å²) in [5.74, 6) is -1.77. The monoisotopic (exact) mass is 530 g/mol. The Morgan fingerprint density at radius 1 is 1.11 bits per heavy atom. The molecule has 2 fully saturated rings. The number of fused-ring (bicyclic) bond motifs is 1. The number of alkyl halides is 3. The molecule has 11 heteroatoms. The Bertz CT molecular complexity index is 902. The van der Waals surface area contributed by atoms with Gasteiger partial charge in [0.15, 0.2) is 8.32 Å². The van der Waals surface area contributed by atoms with Crippen molar-refractivity contribution < 1.29 is 37.0 Å². The summed E-state index contributed by atoms with van der Waals surface area (Å²) in [6.07, 6.45) is -4.42. The Morgan fingerprint density at radius 2 is 1.72 bits per heavy atom. The second-order valence-corrected chi connectivity index (χ2v) is 14.5. The molecule has 1 aromatic carbocycles. The summed E-state index contributed by atoms with van der Waals surface area (Å²) in [5.41, 5.74) is 0.510. The van der Waals surface area contributed by atoms with Crippen molar-refractivity contribution in [3.05, 3.63) is 29.8 Å². The van der Waals surface area contributed by atoms with E-state index in [4.69, 9.17) is 9.16 Å². The summed E-state index contributed by atoms with van der Waals surface area (Å²) in [7, 11) is -0.667. The van der Waals surface area contributed by atoms with Crippen LogP contribution in [0.5, 0.6) is 5.75 Å². The molecule has 1 saturated heterocycles. The highest BCUT2D eigenvalue weighted by atomic mass is 28.4. The second-order valence-electron chi connectivity index (χ2n) is 9.74. The predicted molar refractivity (Wildman–Crippen MR) is 131 cm³/mol. The number of ether oxygens (including phenoxy) is 1. The van der Waals surface area contributed by atoms with Crippen LogP contribution in [0.2, 0.25) is 18.1 Å². The van der Waals surface area contributed by atoms with Crippen molar-refractivity contribution in [1.82, 2.24) is 9.80 Å². The van der Waals surface area contributed by atoms with Crippen molar-refractivity contribution in [2.24, 2.45) is 5.92 Å². The average Bonchev–Trinajstić information content (AvgIpc) is 3.43. The fraction of sp³-hybridized carbons (Fsp3) is 0.680. The first kappa shape index (κ1) is 28.3. The number of carboxylic acid groups (broad SMARTS) is 1. The summed E-state index contributed by atoms with van der Waals surface area (Å²) >= 11 is 0. The molecule has 0 radical (unpaired) electrons. The van der Waals surface area contributed by atoms with E-state index in [-0.39, 0.29) is 19.1 Å². The number of methoxy groups -OCH3 is 1. The first-order valence-electron chi connectivity index (χ1n) is 12.7. The smallest absolute Gasteiger partial charge is 0.471 e. The molecular formula is C25H37F3N2O5Si. The average molecular weight is 531 g/mol. The number of halogens is 3. The molecule has 2 amide bonds. The number of likely N-dealkylation sites (tertiary alicyclic amines) is 1. The molecule has 0 spiro atoms. The van der Waals surface area contributed by atoms with Crippen molar-refractivity contribution >= 4 is 20.3 Å². The summed E-state index contributed by atoms with van der Waals surface area (Å²) in [5, 5.41) is 10.1. The molecule has 3 rings (SSSR count). The molecule has 2 aliphatic rings. The van der Waals surface area contributed by atoms with Crippen molar-refractivity contribution in [3.63, 3.8) is 0 Å². The summed E-state index contributed by atoms with van der Waals surface area (Å²) in [6, 6.07) is 6.78. The minimum atomic E-state index is -5.09. The lowest BCUT2D eigenvalue weighted by molar-refractivity contribution is -0.190. The highest BCUT2D eigenvalue weighted by molar-refractivity contribution is 6.73. The van der Waals surface area contributed by atoms with Gasteiger partial charge in [0.25, 0.3) is 0 Å². The second kappa shape index (κ2) is 11.4. The molecule has 0 bridgehead atoms. The van der Waals surface area contributed by atoms with Gasteiger partial charge in [0.05, 0.1) is 25.8 Å². The molecule has 1 N–H and O–H groups in total. The van der Waals surface area contributed by atoms with Gasteiger partial charge in [0, 0.05) is 18.5 Å². The van der Waals surface area contributed by atoms with Crippen LogP contribution in [-0.2, 0) is 15.8 Å².